The van der Waals surface area contributed by atoms with E-state index in [-0.39, 0.29) is 17.3 Å². The van der Waals surface area contributed by atoms with E-state index in [1.54, 1.807) is 12.1 Å². The zero-order chi connectivity index (χ0) is 14.8. The summed E-state index contributed by atoms with van der Waals surface area (Å²) < 4.78 is 0. The molecule has 0 heterocycles. The van der Waals surface area contributed by atoms with Crippen molar-refractivity contribution in [2.75, 3.05) is 0 Å². The number of phenols is 1. The van der Waals surface area contributed by atoms with Gasteiger partial charge >= 0.3 is 0 Å². The van der Waals surface area contributed by atoms with E-state index in [1.807, 2.05) is 6.07 Å². The maximum atomic E-state index is 10.5. The van der Waals surface area contributed by atoms with Crippen LogP contribution in [0, 0.1) is 17.3 Å². The van der Waals surface area contributed by atoms with Gasteiger partial charge in [0.05, 0.1) is 12.2 Å². The summed E-state index contributed by atoms with van der Waals surface area (Å²) in [6.07, 6.45) is 4.25. The van der Waals surface area contributed by atoms with Crippen LogP contribution in [0.1, 0.15) is 62.2 Å². The van der Waals surface area contributed by atoms with Gasteiger partial charge in [-0.1, -0.05) is 13.0 Å². The standard InChI is InChI=1S/C18H24O3/c1-18-7-6-12-11-3-2-10(19)8-14(11)16(20)9-13(12)15(18)4-5-17(18)21/h2-3,8,12-13,15-17,19-21H,4-7,9H2,1H3/t12-,13-,15+,16?,17-,18+/m1/s1. The van der Waals surface area contributed by atoms with Gasteiger partial charge in [0.2, 0.25) is 0 Å². The Bertz CT molecular complexity index is 570. The first-order valence-corrected chi connectivity index (χ1v) is 8.19. The molecule has 3 heteroatoms. The minimum atomic E-state index is -0.478. The molecule has 2 fully saturated rings. The van der Waals surface area contributed by atoms with Crippen LogP contribution < -0.4 is 0 Å². The van der Waals surface area contributed by atoms with Gasteiger partial charge in [-0.2, -0.15) is 0 Å². The Labute approximate surface area is 125 Å². The van der Waals surface area contributed by atoms with Crippen molar-refractivity contribution >= 4 is 0 Å². The van der Waals surface area contributed by atoms with Crippen molar-refractivity contribution < 1.29 is 15.3 Å². The number of phenolic OH excluding ortho intramolecular Hbond substituents is 1. The SMILES string of the molecule is C[C@]12CC[C@@H]3c4ccc(O)cc4C(O)C[C@H]3[C@@H]1CC[C@H]2O. The van der Waals surface area contributed by atoms with Gasteiger partial charge in [0.1, 0.15) is 5.75 Å². The maximum absolute atomic E-state index is 10.5. The number of fused-ring (bicyclic) bond motifs is 5. The molecule has 1 unspecified atom stereocenters. The molecule has 0 amide bonds. The Morgan fingerprint density at radius 1 is 1.10 bits per heavy atom. The van der Waals surface area contributed by atoms with E-state index in [9.17, 15) is 15.3 Å². The molecule has 0 radical (unpaired) electrons. The molecule has 3 aliphatic rings. The third-order valence-electron chi connectivity index (χ3n) is 6.71. The fraction of sp³-hybridized carbons (Fsp3) is 0.667. The maximum Gasteiger partial charge on any atom is 0.115 e. The first kappa shape index (κ1) is 13.6. The monoisotopic (exact) mass is 288 g/mol. The number of aromatic hydroxyl groups is 1. The Morgan fingerprint density at radius 2 is 1.90 bits per heavy atom. The van der Waals surface area contributed by atoms with E-state index >= 15 is 0 Å². The van der Waals surface area contributed by atoms with Crippen LogP contribution in [0.4, 0.5) is 0 Å². The molecule has 114 valence electrons. The summed E-state index contributed by atoms with van der Waals surface area (Å²) in [6.45, 7) is 2.24. The van der Waals surface area contributed by atoms with Gasteiger partial charge in [-0.3, -0.25) is 0 Å². The largest absolute Gasteiger partial charge is 0.508 e. The molecule has 2 saturated carbocycles. The lowest BCUT2D eigenvalue weighted by atomic mass is 9.55. The molecule has 0 saturated heterocycles. The molecular weight excluding hydrogens is 264 g/mol. The minimum absolute atomic E-state index is 0.0370. The summed E-state index contributed by atoms with van der Waals surface area (Å²) >= 11 is 0. The molecule has 3 nitrogen and oxygen atoms in total. The van der Waals surface area contributed by atoms with Gasteiger partial charge in [-0.05, 0) is 78.5 Å². The second kappa shape index (κ2) is 4.47. The molecule has 1 aromatic rings. The van der Waals surface area contributed by atoms with E-state index in [2.05, 4.69) is 6.92 Å². The molecule has 0 aromatic heterocycles. The fourth-order valence-electron chi connectivity index (χ4n) is 5.55. The molecule has 0 aliphatic heterocycles. The summed E-state index contributed by atoms with van der Waals surface area (Å²) in [6, 6.07) is 5.47. The van der Waals surface area contributed by atoms with Crippen LogP contribution >= 0.6 is 0 Å². The van der Waals surface area contributed by atoms with Crippen molar-refractivity contribution in [3.8, 4) is 5.75 Å². The number of rotatable bonds is 0. The van der Waals surface area contributed by atoms with E-state index in [0.29, 0.717) is 17.8 Å². The first-order valence-electron chi connectivity index (χ1n) is 8.19. The zero-order valence-corrected chi connectivity index (χ0v) is 12.5. The van der Waals surface area contributed by atoms with Crippen LogP contribution in [0.5, 0.6) is 5.75 Å². The van der Waals surface area contributed by atoms with E-state index < -0.39 is 6.10 Å². The lowest BCUT2D eigenvalue weighted by Gasteiger charge is -2.50. The Hall–Kier alpha value is -1.06. The fourth-order valence-corrected chi connectivity index (χ4v) is 5.55. The van der Waals surface area contributed by atoms with Crippen molar-refractivity contribution in [3.63, 3.8) is 0 Å². The van der Waals surface area contributed by atoms with Crippen LogP contribution in [0.2, 0.25) is 0 Å². The quantitative estimate of drug-likeness (QED) is 0.687. The summed E-state index contributed by atoms with van der Waals surface area (Å²) in [4.78, 5) is 0. The highest BCUT2D eigenvalue weighted by Crippen LogP contribution is 2.62. The van der Waals surface area contributed by atoms with Crippen molar-refractivity contribution in [1.29, 1.82) is 0 Å². The van der Waals surface area contributed by atoms with E-state index in [1.165, 1.54) is 5.56 Å². The first-order chi connectivity index (χ1) is 10.0. The Morgan fingerprint density at radius 3 is 2.71 bits per heavy atom. The molecule has 3 aliphatic carbocycles. The van der Waals surface area contributed by atoms with Gasteiger partial charge in [-0.25, -0.2) is 0 Å². The second-order valence-electron chi connectivity index (χ2n) is 7.58. The van der Waals surface area contributed by atoms with Crippen LogP contribution in [-0.4, -0.2) is 21.4 Å². The van der Waals surface area contributed by atoms with Crippen molar-refractivity contribution in [2.24, 2.45) is 17.3 Å². The zero-order valence-electron chi connectivity index (χ0n) is 12.5. The number of hydrogen-bond acceptors (Lipinski definition) is 3. The third-order valence-corrected chi connectivity index (χ3v) is 6.71. The number of benzene rings is 1. The topological polar surface area (TPSA) is 60.7 Å². The second-order valence-corrected chi connectivity index (χ2v) is 7.58. The van der Waals surface area contributed by atoms with Crippen molar-refractivity contribution in [1.82, 2.24) is 0 Å². The highest BCUT2D eigenvalue weighted by atomic mass is 16.3. The average molecular weight is 288 g/mol. The molecule has 21 heavy (non-hydrogen) atoms. The molecule has 1 aromatic carbocycles. The molecule has 4 rings (SSSR count). The highest BCUT2D eigenvalue weighted by molar-refractivity contribution is 5.41. The summed E-state index contributed by atoms with van der Waals surface area (Å²) in [5.41, 5.74) is 2.17. The van der Waals surface area contributed by atoms with E-state index in [4.69, 9.17) is 0 Å². The number of aliphatic hydroxyl groups excluding tert-OH is 2. The van der Waals surface area contributed by atoms with Gasteiger partial charge in [0.15, 0.2) is 0 Å². The van der Waals surface area contributed by atoms with Gasteiger partial charge in [0.25, 0.3) is 0 Å². The lowest BCUT2D eigenvalue weighted by Crippen LogP contribution is -2.44. The van der Waals surface area contributed by atoms with Crippen LogP contribution in [-0.2, 0) is 0 Å². The Kier molecular flexibility index (Phi) is 2.89. The van der Waals surface area contributed by atoms with Crippen molar-refractivity contribution in [3.05, 3.63) is 29.3 Å². The smallest absolute Gasteiger partial charge is 0.115 e. The number of aliphatic hydroxyl groups is 2. The molecular formula is C18H24O3. The predicted octanol–water partition coefficient (Wildman–Crippen LogP) is 3.10. The van der Waals surface area contributed by atoms with Gasteiger partial charge < -0.3 is 15.3 Å². The molecule has 6 atom stereocenters. The number of hydrogen-bond donors (Lipinski definition) is 3. The molecule has 0 spiro atoms. The van der Waals surface area contributed by atoms with Gasteiger partial charge in [0, 0.05) is 0 Å². The molecule has 3 N–H and O–H groups in total. The average Bonchev–Trinajstić information content (AvgIpc) is 2.76. The van der Waals surface area contributed by atoms with Gasteiger partial charge in [-0.15, -0.1) is 0 Å². The van der Waals surface area contributed by atoms with Crippen LogP contribution in [0.3, 0.4) is 0 Å². The normalized spacial score (nSPS) is 44.8. The highest BCUT2D eigenvalue weighted by Gasteiger charge is 2.55. The molecule has 0 bridgehead atoms. The van der Waals surface area contributed by atoms with Crippen LogP contribution in [0.25, 0.3) is 0 Å². The van der Waals surface area contributed by atoms with E-state index in [0.717, 1.165) is 37.7 Å². The minimum Gasteiger partial charge on any atom is -0.508 e. The predicted molar refractivity (Wildman–Crippen MR) is 80.0 cm³/mol. The van der Waals surface area contributed by atoms with Crippen LogP contribution in [0.15, 0.2) is 18.2 Å². The summed E-state index contributed by atoms with van der Waals surface area (Å²) in [5, 5.41) is 30.6. The van der Waals surface area contributed by atoms with Crippen molar-refractivity contribution in [2.45, 2.75) is 57.2 Å². The summed E-state index contributed by atoms with van der Waals surface area (Å²) in [7, 11) is 0. The Balaban J connectivity index is 1.75. The third kappa shape index (κ3) is 1.80. The lowest BCUT2D eigenvalue weighted by molar-refractivity contribution is -0.0372. The summed E-state index contributed by atoms with van der Waals surface area (Å²) in [5.74, 6) is 1.70.